The number of Topliss-reactive ketones (excluding diaryl/α,β-unsaturated/α-hetero) is 1. The number of amides is 2. The van der Waals surface area contributed by atoms with Gasteiger partial charge in [0.1, 0.15) is 5.75 Å². The molecule has 0 bridgehead atoms. The maximum absolute atomic E-state index is 12.6. The standard InChI is InChI=1S/C23H27N3O4S/c1-14-5-3-6-15(2)26(14)20(28)13-30-17-11-9-16(10-12-17)22(29)25-23-24-18-7-4-8-19(27)21(18)31-23/h9-12,14-15H,3-8,13H2,1-2H3,(H,24,25,29). The molecule has 2 atom stereocenters. The van der Waals surface area contributed by atoms with Gasteiger partial charge < -0.3 is 9.64 Å². The predicted octanol–water partition coefficient (Wildman–Crippen LogP) is 4.08. The maximum Gasteiger partial charge on any atom is 0.260 e. The van der Waals surface area contributed by atoms with E-state index in [9.17, 15) is 14.4 Å². The lowest BCUT2D eigenvalue weighted by Gasteiger charge is -2.38. The van der Waals surface area contributed by atoms with E-state index in [0.29, 0.717) is 27.7 Å². The highest BCUT2D eigenvalue weighted by atomic mass is 32.1. The molecule has 31 heavy (non-hydrogen) atoms. The van der Waals surface area contributed by atoms with Crippen molar-refractivity contribution in [1.82, 2.24) is 9.88 Å². The van der Waals surface area contributed by atoms with Crippen molar-refractivity contribution in [2.45, 2.75) is 64.5 Å². The Hall–Kier alpha value is -2.74. The number of carbonyl (C=O) groups excluding carboxylic acids is 3. The molecule has 1 aliphatic carbocycles. The van der Waals surface area contributed by atoms with E-state index >= 15 is 0 Å². The summed E-state index contributed by atoms with van der Waals surface area (Å²) in [6.45, 7) is 4.14. The summed E-state index contributed by atoms with van der Waals surface area (Å²) in [5.41, 5.74) is 1.23. The number of aromatic nitrogens is 1. The normalized spacial score (nSPS) is 20.8. The number of fused-ring (bicyclic) bond motifs is 1. The number of anilines is 1. The van der Waals surface area contributed by atoms with Gasteiger partial charge in [-0.1, -0.05) is 11.3 Å². The molecular weight excluding hydrogens is 414 g/mol. The van der Waals surface area contributed by atoms with Crippen LogP contribution in [-0.2, 0) is 11.2 Å². The maximum atomic E-state index is 12.6. The van der Waals surface area contributed by atoms with Gasteiger partial charge in [-0.2, -0.15) is 0 Å². The van der Waals surface area contributed by atoms with Crippen molar-refractivity contribution in [1.29, 1.82) is 0 Å². The van der Waals surface area contributed by atoms with E-state index in [4.69, 9.17) is 4.74 Å². The third-order valence-electron chi connectivity index (χ3n) is 5.95. The monoisotopic (exact) mass is 441 g/mol. The van der Waals surface area contributed by atoms with E-state index in [1.807, 2.05) is 4.90 Å². The van der Waals surface area contributed by atoms with E-state index in [0.717, 1.165) is 37.8 Å². The highest BCUT2D eigenvalue weighted by Gasteiger charge is 2.29. The Morgan fingerprint density at radius 1 is 1.13 bits per heavy atom. The van der Waals surface area contributed by atoms with Crippen molar-refractivity contribution in [2.75, 3.05) is 11.9 Å². The SMILES string of the molecule is CC1CCCC(C)N1C(=O)COc1ccc(C(=O)Nc2nc3c(s2)C(=O)CCC3)cc1. The zero-order chi connectivity index (χ0) is 22.0. The minimum Gasteiger partial charge on any atom is -0.484 e. The molecule has 2 heterocycles. The first-order chi connectivity index (χ1) is 14.9. The second-order valence-corrected chi connectivity index (χ2v) is 9.27. The number of ketones is 1. The fraction of sp³-hybridized carbons (Fsp3) is 0.478. The Morgan fingerprint density at radius 2 is 1.84 bits per heavy atom. The summed E-state index contributed by atoms with van der Waals surface area (Å²) in [5, 5.41) is 3.22. The Kier molecular flexibility index (Phi) is 6.36. The largest absolute Gasteiger partial charge is 0.484 e. The summed E-state index contributed by atoms with van der Waals surface area (Å²) in [6, 6.07) is 7.14. The number of hydrogen-bond acceptors (Lipinski definition) is 6. The summed E-state index contributed by atoms with van der Waals surface area (Å²) < 4.78 is 5.67. The molecule has 0 spiro atoms. The van der Waals surface area contributed by atoms with Crippen LogP contribution in [0.25, 0.3) is 0 Å². The van der Waals surface area contributed by atoms with Crippen molar-refractivity contribution in [3.63, 3.8) is 0 Å². The first-order valence-electron chi connectivity index (χ1n) is 10.8. The molecule has 1 aromatic heterocycles. The Labute approximate surface area is 185 Å². The van der Waals surface area contributed by atoms with Crippen molar-refractivity contribution in [3.8, 4) is 5.75 Å². The van der Waals surface area contributed by atoms with Gasteiger partial charge in [-0.25, -0.2) is 4.98 Å². The second-order valence-electron chi connectivity index (χ2n) is 8.27. The van der Waals surface area contributed by atoms with Gasteiger partial charge in [0.05, 0.1) is 10.6 Å². The number of likely N-dealkylation sites (tertiary alicyclic amines) is 1. The minimum absolute atomic E-state index is 0.0104. The van der Waals surface area contributed by atoms with Crippen LogP contribution in [0.4, 0.5) is 5.13 Å². The number of rotatable bonds is 5. The van der Waals surface area contributed by atoms with Crippen LogP contribution >= 0.6 is 11.3 Å². The summed E-state index contributed by atoms with van der Waals surface area (Å²) in [5.74, 6) is 0.335. The molecule has 7 nitrogen and oxygen atoms in total. The topological polar surface area (TPSA) is 88.6 Å². The molecule has 1 aromatic carbocycles. The van der Waals surface area contributed by atoms with Crippen molar-refractivity contribution < 1.29 is 19.1 Å². The fourth-order valence-corrected chi connectivity index (χ4v) is 5.30. The highest BCUT2D eigenvalue weighted by Crippen LogP contribution is 2.30. The Balaban J connectivity index is 1.33. The smallest absolute Gasteiger partial charge is 0.260 e. The number of thiazole rings is 1. The van der Waals surface area contributed by atoms with Crippen LogP contribution in [0.2, 0.25) is 0 Å². The number of benzene rings is 1. The van der Waals surface area contributed by atoms with Crippen LogP contribution in [0.3, 0.4) is 0 Å². The first kappa shape index (κ1) is 21.5. The van der Waals surface area contributed by atoms with Gasteiger partial charge in [-0.15, -0.1) is 0 Å². The fourth-order valence-electron chi connectivity index (χ4n) is 4.33. The molecule has 1 N–H and O–H groups in total. The second kappa shape index (κ2) is 9.18. The van der Waals surface area contributed by atoms with Crippen molar-refractivity contribution in [2.24, 2.45) is 0 Å². The number of hydrogen-bond donors (Lipinski definition) is 1. The van der Waals surface area contributed by atoms with Gasteiger partial charge >= 0.3 is 0 Å². The Morgan fingerprint density at radius 3 is 2.52 bits per heavy atom. The molecule has 0 saturated carbocycles. The lowest BCUT2D eigenvalue weighted by atomic mass is 9.97. The van der Waals surface area contributed by atoms with Crippen LogP contribution < -0.4 is 10.1 Å². The van der Waals surface area contributed by atoms with E-state index in [1.54, 1.807) is 24.3 Å². The minimum atomic E-state index is -0.294. The number of nitrogens with zero attached hydrogens (tertiary/aromatic N) is 2. The zero-order valence-corrected chi connectivity index (χ0v) is 18.7. The molecular formula is C23H27N3O4S. The summed E-state index contributed by atoms with van der Waals surface area (Å²) in [6.07, 6.45) is 5.32. The molecule has 1 aliphatic heterocycles. The first-order valence-corrected chi connectivity index (χ1v) is 11.6. The molecule has 1 fully saturated rings. The van der Waals surface area contributed by atoms with Gasteiger partial charge in [0, 0.05) is 24.1 Å². The molecule has 2 aromatic rings. The third kappa shape index (κ3) is 4.79. The number of ether oxygens (including phenoxy) is 1. The van der Waals surface area contributed by atoms with E-state index in [1.165, 1.54) is 11.3 Å². The number of nitrogens with one attached hydrogen (secondary N) is 1. The lowest BCUT2D eigenvalue weighted by Crippen LogP contribution is -2.49. The molecule has 164 valence electrons. The number of aryl methyl sites for hydroxylation is 1. The number of carbonyl (C=O) groups is 3. The van der Waals surface area contributed by atoms with Crippen molar-refractivity contribution in [3.05, 3.63) is 40.4 Å². The summed E-state index contributed by atoms with van der Waals surface area (Å²) >= 11 is 1.24. The van der Waals surface area contributed by atoms with Gasteiger partial charge in [0.25, 0.3) is 11.8 Å². The van der Waals surface area contributed by atoms with E-state index in [2.05, 4.69) is 24.1 Å². The Bertz CT molecular complexity index is 975. The predicted molar refractivity (Wildman–Crippen MR) is 119 cm³/mol. The van der Waals surface area contributed by atoms with Crippen LogP contribution in [0.1, 0.15) is 71.7 Å². The third-order valence-corrected chi connectivity index (χ3v) is 7.00. The average molecular weight is 442 g/mol. The van der Waals surface area contributed by atoms with Gasteiger partial charge in [0.2, 0.25) is 0 Å². The molecule has 2 unspecified atom stereocenters. The van der Waals surface area contributed by atoms with E-state index in [-0.39, 0.29) is 36.3 Å². The average Bonchev–Trinajstić information content (AvgIpc) is 3.16. The zero-order valence-electron chi connectivity index (χ0n) is 17.8. The number of piperidine rings is 1. The van der Waals surface area contributed by atoms with Gasteiger partial charge in [0.15, 0.2) is 17.5 Å². The van der Waals surface area contributed by atoms with Gasteiger partial charge in [-0.3, -0.25) is 19.7 Å². The molecule has 0 radical (unpaired) electrons. The van der Waals surface area contributed by atoms with Crippen LogP contribution in [-0.4, -0.2) is 46.2 Å². The molecule has 2 amide bonds. The molecule has 2 aliphatic rings. The van der Waals surface area contributed by atoms with E-state index < -0.39 is 0 Å². The molecule has 1 saturated heterocycles. The highest BCUT2D eigenvalue weighted by molar-refractivity contribution is 7.17. The lowest BCUT2D eigenvalue weighted by molar-refractivity contribution is -0.139. The quantitative estimate of drug-likeness (QED) is 0.755. The molecule has 4 rings (SSSR count). The van der Waals surface area contributed by atoms with Crippen molar-refractivity contribution >= 4 is 34.1 Å². The van der Waals surface area contributed by atoms with Crippen LogP contribution in [0, 0.1) is 0 Å². The summed E-state index contributed by atoms with van der Waals surface area (Å²) in [4.78, 5) is 44.0. The summed E-state index contributed by atoms with van der Waals surface area (Å²) in [7, 11) is 0. The molecule has 8 heteroatoms. The van der Waals surface area contributed by atoms with Gasteiger partial charge in [-0.05, 0) is 70.2 Å². The van der Waals surface area contributed by atoms with Crippen LogP contribution in [0.15, 0.2) is 24.3 Å². The van der Waals surface area contributed by atoms with Crippen LogP contribution in [0.5, 0.6) is 5.75 Å².